The summed E-state index contributed by atoms with van der Waals surface area (Å²) in [4.78, 5) is 24.0. The van der Waals surface area contributed by atoms with Gasteiger partial charge in [0.2, 0.25) is 0 Å². The zero-order chi connectivity index (χ0) is 23.7. The van der Waals surface area contributed by atoms with E-state index in [-0.39, 0.29) is 5.56 Å². The molecule has 2 aromatic carbocycles. The highest BCUT2D eigenvalue weighted by Gasteiger charge is 2.46. The Balaban J connectivity index is 2.09. The largest absolute Gasteiger partial charge is 0.381 e. The lowest BCUT2D eigenvalue weighted by atomic mass is 9.95. The summed E-state index contributed by atoms with van der Waals surface area (Å²) in [5.74, 6) is 8.57. The third-order valence-electron chi connectivity index (χ3n) is 4.31. The van der Waals surface area contributed by atoms with Gasteiger partial charge in [-0.25, -0.2) is 14.3 Å². The standard InChI is InChI=1S/C23H17F2N3O4/c1-23(31,22(24)25)19(21(30)28-32)27-20(29)18-12-10-16(11-13-18)5-3-2-4-15-6-8-17(14-26)9-7-15/h6-13,19,22,31-32H,1H3,(H,27,29)(H,28,30). The third-order valence-corrected chi connectivity index (χ3v) is 4.31. The van der Waals surface area contributed by atoms with Crippen LogP contribution in [-0.4, -0.2) is 40.2 Å². The quantitative estimate of drug-likeness (QED) is 0.321. The number of benzene rings is 2. The smallest absolute Gasteiger partial charge is 0.269 e. The molecule has 2 atom stereocenters. The summed E-state index contributed by atoms with van der Waals surface area (Å²) < 4.78 is 26.1. The normalized spacial score (nSPS) is 12.7. The number of hydroxylamine groups is 1. The molecule has 4 N–H and O–H groups in total. The lowest BCUT2D eigenvalue weighted by molar-refractivity contribution is -0.149. The molecule has 9 heteroatoms. The van der Waals surface area contributed by atoms with Crippen molar-refractivity contribution in [3.8, 4) is 29.8 Å². The van der Waals surface area contributed by atoms with Crippen LogP contribution < -0.4 is 10.8 Å². The maximum Gasteiger partial charge on any atom is 0.269 e. The average Bonchev–Trinajstić information content (AvgIpc) is 2.80. The van der Waals surface area contributed by atoms with Gasteiger partial charge >= 0.3 is 0 Å². The van der Waals surface area contributed by atoms with Crippen LogP contribution in [0.15, 0.2) is 48.5 Å². The van der Waals surface area contributed by atoms with Crippen LogP contribution in [0.25, 0.3) is 0 Å². The Morgan fingerprint density at radius 2 is 1.44 bits per heavy atom. The molecule has 2 aromatic rings. The van der Waals surface area contributed by atoms with Gasteiger partial charge < -0.3 is 10.4 Å². The highest BCUT2D eigenvalue weighted by Crippen LogP contribution is 2.20. The summed E-state index contributed by atoms with van der Waals surface area (Å²) in [6.45, 7) is 0.662. The number of aliphatic hydroxyl groups is 1. The number of nitriles is 1. The monoisotopic (exact) mass is 437 g/mol. The number of carbonyl (C=O) groups is 2. The Hall–Kier alpha value is -4.23. The van der Waals surface area contributed by atoms with Gasteiger partial charge in [-0.2, -0.15) is 5.26 Å². The van der Waals surface area contributed by atoms with Gasteiger partial charge in [-0.05, 0) is 67.3 Å². The van der Waals surface area contributed by atoms with Crippen molar-refractivity contribution in [1.29, 1.82) is 5.26 Å². The van der Waals surface area contributed by atoms with Crippen molar-refractivity contribution >= 4 is 11.8 Å². The van der Waals surface area contributed by atoms with E-state index >= 15 is 0 Å². The lowest BCUT2D eigenvalue weighted by Gasteiger charge is -2.30. The fraction of sp³-hybridized carbons (Fsp3) is 0.174. The molecule has 0 aromatic heterocycles. The van der Waals surface area contributed by atoms with Crippen LogP contribution in [0, 0.1) is 35.0 Å². The Morgan fingerprint density at radius 3 is 1.88 bits per heavy atom. The molecule has 0 aliphatic heterocycles. The molecule has 0 aliphatic rings. The number of nitrogens with one attached hydrogen (secondary N) is 2. The molecule has 162 valence electrons. The van der Waals surface area contributed by atoms with E-state index in [1.807, 2.05) is 11.4 Å². The minimum absolute atomic E-state index is 0.0139. The van der Waals surface area contributed by atoms with Crippen LogP contribution >= 0.6 is 0 Å². The number of halogens is 2. The average molecular weight is 437 g/mol. The van der Waals surface area contributed by atoms with Crippen LogP contribution in [0.2, 0.25) is 0 Å². The molecule has 2 unspecified atom stereocenters. The van der Waals surface area contributed by atoms with Crippen molar-refractivity contribution < 1.29 is 28.7 Å². The van der Waals surface area contributed by atoms with Crippen molar-refractivity contribution in [2.75, 3.05) is 0 Å². The van der Waals surface area contributed by atoms with Gasteiger partial charge in [-0.3, -0.25) is 14.8 Å². The summed E-state index contributed by atoms with van der Waals surface area (Å²) in [6, 6.07) is 12.2. The van der Waals surface area contributed by atoms with Crippen LogP contribution in [0.3, 0.4) is 0 Å². The molecule has 0 heterocycles. The molecule has 7 nitrogen and oxygen atoms in total. The first-order valence-corrected chi connectivity index (χ1v) is 9.06. The highest BCUT2D eigenvalue weighted by atomic mass is 19.3. The molecule has 0 saturated heterocycles. The van der Waals surface area contributed by atoms with Crippen LogP contribution in [0.4, 0.5) is 8.78 Å². The molecule has 0 radical (unpaired) electrons. The van der Waals surface area contributed by atoms with E-state index in [4.69, 9.17) is 10.5 Å². The molecule has 0 spiro atoms. The first-order valence-electron chi connectivity index (χ1n) is 9.06. The van der Waals surface area contributed by atoms with E-state index in [1.54, 1.807) is 24.3 Å². The zero-order valence-corrected chi connectivity index (χ0v) is 16.7. The maximum atomic E-state index is 13.1. The second-order valence-corrected chi connectivity index (χ2v) is 6.68. The number of amides is 2. The molecule has 2 rings (SSSR count). The Kier molecular flexibility index (Phi) is 8.04. The van der Waals surface area contributed by atoms with Crippen molar-refractivity contribution in [2.45, 2.75) is 25.0 Å². The lowest BCUT2D eigenvalue weighted by Crippen LogP contribution is -2.61. The van der Waals surface area contributed by atoms with Gasteiger partial charge in [0.15, 0.2) is 5.60 Å². The predicted molar refractivity (Wildman–Crippen MR) is 109 cm³/mol. The second-order valence-electron chi connectivity index (χ2n) is 6.68. The molecular weight excluding hydrogens is 420 g/mol. The van der Waals surface area contributed by atoms with Crippen molar-refractivity contribution in [2.24, 2.45) is 0 Å². The van der Waals surface area contributed by atoms with E-state index in [2.05, 4.69) is 23.7 Å². The van der Waals surface area contributed by atoms with E-state index in [9.17, 15) is 23.5 Å². The number of rotatable bonds is 5. The number of nitrogens with zero attached hydrogens (tertiary/aromatic N) is 1. The first kappa shape index (κ1) is 24.0. The van der Waals surface area contributed by atoms with Crippen molar-refractivity contribution in [3.05, 3.63) is 70.8 Å². The number of hydrogen-bond acceptors (Lipinski definition) is 5. The third kappa shape index (κ3) is 6.13. The van der Waals surface area contributed by atoms with Crippen LogP contribution in [-0.2, 0) is 4.79 Å². The van der Waals surface area contributed by atoms with Gasteiger partial charge in [0.05, 0.1) is 11.6 Å². The molecule has 2 amide bonds. The fourth-order valence-electron chi connectivity index (χ4n) is 2.42. The molecule has 0 bridgehead atoms. The van der Waals surface area contributed by atoms with Crippen LogP contribution in [0.5, 0.6) is 0 Å². The second kappa shape index (κ2) is 10.7. The fourth-order valence-corrected chi connectivity index (χ4v) is 2.42. The Bertz CT molecular complexity index is 1150. The summed E-state index contributed by atoms with van der Waals surface area (Å²) in [5, 5.41) is 29.3. The molecule has 32 heavy (non-hydrogen) atoms. The Morgan fingerprint density at radius 1 is 0.969 bits per heavy atom. The van der Waals surface area contributed by atoms with Gasteiger partial charge in [-0.1, -0.05) is 11.8 Å². The minimum atomic E-state index is -3.37. The minimum Gasteiger partial charge on any atom is -0.381 e. The van der Waals surface area contributed by atoms with Gasteiger partial charge in [0, 0.05) is 16.7 Å². The molecule has 0 fully saturated rings. The SMILES string of the molecule is CC(O)(C(F)F)C(NC(=O)c1ccc(C#CC#Cc2ccc(C#N)cc2)cc1)C(=O)NO. The van der Waals surface area contributed by atoms with Crippen LogP contribution in [0.1, 0.15) is 34.0 Å². The highest BCUT2D eigenvalue weighted by molar-refractivity contribution is 5.97. The maximum absolute atomic E-state index is 13.1. The number of alkyl halides is 2. The van der Waals surface area contributed by atoms with Crippen molar-refractivity contribution in [3.63, 3.8) is 0 Å². The molecular formula is C23H17F2N3O4. The summed E-state index contributed by atoms with van der Waals surface area (Å²) in [5.41, 5.74) is -0.0349. The summed E-state index contributed by atoms with van der Waals surface area (Å²) in [7, 11) is 0. The van der Waals surface area contributed by atoms with Gasteiger partial charge in [0.1, 0.15) is 6.04 Å². The molecule has 0 aliphatic carbocycles. The zero-order valence-electron chi connectivity index (χ0n) is 16.7. The number of carbonyl (C=O) groups excluding carboxylic acids is 2. The summed E-state index contributed by atoms with van der Waals surface area (Å²) >= 11 is 0. The van der Waals surface area contributed by atoms with E-state index in [0.717, 1.165) is 5.48 Å². The topological polar surface area (TPSA) is 122 Å². The van der Waals surface area contributed by atoms with E-state index in [0.29, 0.717) is 23.6 Å². The number of hydrogen-bond donors (Lipinski definition) is 4. The van der Waals surface area contributed by atoms with E-state index < -0.39 is 29.9 Å². The van der Waals surface area contributed by atoms with Gasteiger partial charge in [-0.15, -0.1) is 0 Å². The molecule has 0 saturated carbocycles. The Labute approximate surface area is 182 Å². The first-order chi connectivity index (χ1) is 15.2. The van der Waals surface area contributed by atoms with Crippen molar-refractivity contribution in [1.82, 2.24) is 10.8 Å². The predicted octanol–water partition coefficient (Wildman–Crippen LogP) is 1.58. The van der Waals surface area contributed by atoms with Gasteiger partial charge in [0.25, 0.3) is 18.2 Å². The summed E-state index contributed by atoms with van der Waals surface area (Å²) in [6.07, 6.45) is -3.37. The van der Waals surface area contributed by atoms with E-state index in [1.165, 1.54) is 24.3 Å².